The molecule has 2 aromatic rings. The Labute approximate surface area is 173 Å². The van der Waals surface area contributed by atoms with E-state index in [4.69, 9.17) is 0 Å². The molecule has 5 nitrogen and oxygen atoms in total. The summed E-state index contributed by atoms with van der Waals surface area (Å²) >= 11 is 0. The van der Waals surface area contributed by atoms with E-state index < -0.39 is 10.0 Å². The number of sulfonamides is 1. The van der Waals surface area contributed by atoms with Crippen LogP contribution in [0.5, 0.6) is 0 Å². The van der Waals surface area contributed by atoms with Crippen molar-refractivity contribution >= 4 is 21.6 Å². The van der Waals surface area contributed by atoms with Crippen molar-refractivity contribution in [2.75, 3.05) is 11.3 Å². The average molecular weight is 413 g/mol. The van der Waals surface area contributed by atoms with Crippen LogP contribution >= 0.6 is 0 Å². The summed E-state index contributed by atoms with van der Waals surface area (Å²) in [7, 11) is -3.80. The first-order valence-electron chi connectivity index (χ1n) is 10.0. The number of allylic oxidation sites excluding steroid dienone is 1. The maximum absolute atomic E-state index is 12.9. The molecule has 2 aromatic carbocycles. The molecule has 6 heteroatoms. The van der Waals surface area contributed by atoms with Crippen molar-refractivity contribution in [1.29, 1.82) is 0 Å². The Morgan fingerprint density at radius 3 is 2.55 bits per heavy atom. The van der Waals surface area contributed by atoms with Gasteiger partial charge in [0.25, 0.3) is 15.9 Å². The van der Waals surface area contributed by atoms with Crippen molar-refractivity contribution in [3.05, 3.63) is 70.8 Å². The van der Waals surface area contributed by atoms with Gasteiger partial charge in [-0.25, -0.2) is 8.42 Å². The zero-order valence-corrected chi connectivity index (χ0v) is 17.8. The maximum Gasteiger partial charge on any atom is 0.262 e. The molecule has 0 bridgehead atoms. The first-order valence-corrected chi connectivity index (χ1v) is 11.5. The topological polar surface area (TPSA) is 75.3 Å². The van der Waals surface area contributed by atoms with E-state index in [-0.39, 0.29) is 10.8 Å². The van der Waals surface area contributed by atoms with Crippen molar-refractivity contribution < 1.29 is 13.2 Å². The number of carbonyl (C=O) groups is 1. The third kappa shape index (κ3) is 5.48. The van der Waals surface area contributed by atoms with Crippen LogP contribution in [0.15, 0.2) is 59.0 Å². The fraction of sp³-hybridized carbons (Fsp3) is 0.348. The molecular weight excluding hydrogens is 384 g/mol. The molecule has 0 unspecified atom stereocenters. The fourth-order valence-corrected chi connectivity index (χ4v) is 4.89. The monoisotopic (exact) mass is 412 g/mol. The summed E-state index contributed by atoms with van der Waals surface area (Å²) < 4.78 is 28.5. The lowest BCUT2D eigenvalue weighted by molar-refractivity contribution is 0.0954. The first kappa shape index (κ1) is 21.1. The minimum absolute atomic E-state index is 0.114. The Kier molecular flexibility index (Phi) is 6.75. The summed E-state index contributed by atoms with van der Waals surface area (Å²) in [4.78, 5) is 12.7. The van der Waals surface area contributed by atoms with Crippen molar-refractivity contribution in [1.82, 2.24) is 5.32 Å². The van der Waals surface area contributed by atoms with Gasteiger partial charge in [0.15, 0.2) is 0 Å². The predicted octanol–water partition coefficient (Wildman–Crippen LogP) is 4.72. The van der Waals surface area contributed by atoms with Gasteiger partial charge in [-0.3, -0.25) is 9.52 Å². The number of carbonyl (C=O) groups excluding carboxylic acids is 1. The van der Waals surface area contributed by atoms with E-state index in [1.807, 2.05) is 19.1 Å². The van der Waals surface area contributed by atoms with E-state index >= 15 is 0 Å². The summed E-state index contributed by atoms with van der Waals surface area (Å²) in [5, 5.41) is 2.91. The molecule has 0 aliphatic heterocycles. The Balaban J connectivity index is 1.72. The van der Waals surface area contributed by atoms with E-state index in [1.54, 1.807) is 31.2 Å². The number of hydrogen-bond donors (Lipinski definition) is 2. The minimum Gasteiger partial charge on any atom is -0.352 e. The Hall–Kier alpha value is -2.60. The largest absolute Gasteiger partial charge is 0.352 e. The van der Waals surface area contributed by atoms with Crippen LogP contribution in [0, 0.1) is 13.8 Å². The molecule has 0 saturated heterocycles. The second-order valence-electron chi connectivity index (χ2n) is 7.51. The molecule has 0 spiro atoms. The fourth-order valence-electron chi connectivity index (χ4n) is 3.49. The summed E-state index contributed by atoms with van der Waals surface area (Å²) in [6.07, 6.45) is 7.80. The Morgan fingerprint density at radius 1 is 1.03 bits per heavy atom. The highest BCUT2D eigenvalue weighted by atomic mass is 32.2. The predicted molar refractivity (Wildman–Crippen MR) is 117 cm³/mol. The first-order chi connectivity index (χ1) is 13.9. The standard InChI is InChI=1S/C23H28N2O3S/c1-17-8-6-7-11-21(17)25-29(27,28)22-16-20(13-12-18(22)2)23(26)24-15-14-19-9-4-3-5-10-19/h6-9,11-13,16,25H,3-5,10,14-15H2,1-2H3,(H,24,26). The van der Waals surface area contributed by atoms with Gasteiger partial charge < -0.3 is 5.32 Å². The molecule has 1 aliphatic rings. The van der Waals surface area contributed by atoms with Crippen molar-refractivity contribution in [3.63, 3.8) is 0 Å². The van der Waals surface area contributed by atoms with Gasteiger partial charge in [-0.1, -0.05) is 35.9 Å². The zero-order chi connectivity index (χ0) is 20.9. The van der Waals surface area contributed by atoms with E-state index in [2.05, 4.69) is 16.1 Å². The van der Waals surface area contributed by atoms with Crippen LogP contribution < -0.4 is 10.0 Å². The Bertz CT molecular complexity index is 1030. The van der Waals surface area contributed by atoms with Crippen LogP contribution in [0.1, 0.15) is 53.6 Å². The molecule has 0 fully saturated rings. The number of amides is 1. The third-order valence-electron chi connectivity index (χ3n) is 5.25. The molecule has 0 heterocycles. The SMILES string of the molecule is Cc1ccccc1NS(=O)(=O)c1cc(C(=O)NCCC2=CCCCC2)ccc1C. The molecule has 0 saturated carbocycles. The van der Waals surface area contributed by atoms with E-state index in [0.29, 0.717) is 23.4 Å². The summed E-state index contributed by atoms with van der Waals surface area (Å²) in [6, 6.07) is 12.0. The molecule has 154 valence electrons. The van der Waals surface area contributed by atoms with Gasteiger partial charge in [-0.15, -0.1) is 0 Å². The normalized spacial score (nSPS) is 14.2. The number of rotatable bonds is 7. The molecular formula is C23H28N2O3S. The highest BCUT2D eigenvalue weighted by Crippen LogP contribution is 2.23. The van der Waals surface area contributed by atoms with E-state index in [0.717, 1.165) is 24.8 Å². The quantitative estimate of drug-likeness (QED) is 0.646. The molecule has 0 aromatic heterocycles. The number of benzene rings is 2. The van der Waals surface area contributed by atoms with Gasteiger partial charge in [0, 0.05) is 12.1 Å². The Morgan fingerprint density at radius 2 is 1.83 bits per heavy atom. The van der Waals surface area contributed by atoms with Gasteiger partial charge in [0.05, 0.1) is 10.6 Å². The highest BCUT2D eigenvalue weighted by molar-refractivity contribution is 7.92. The van der Waals surface area contributed by atoms with E-state index in [9.17, 15) is 13.2 Å². The van der Waals surface area contributed by atoms with Crippen LogP contribution in [0.3, 0.4) is 0 Å². The molecule has 2 N–H and O–H groups in total. The summed E-state index contributed by atoms with van der Waals surface area (Å²) in [5.74, 6) is -0.256. The highest BCUT2D eigenvalue weighted by Gasteiger charge is 2.20. The van der Waals surface area contributed by atoms with Crippen molar-refractivity contribution in [2.24, 2.45) is 0 Å². The zero-order valence-electron chi connectivity index (χ0n) is 17.0. The maximum atomic E-state index is 12.9. The number of nitrogens with one attached hydrogen (secondary N) is 2. The lowest BCUT2D eigenvalue weighted by atomic mass is 9.97. The van der Waals surface area contributed by atoms with Gasteiger partial charge in [0.1, 0.15) is 0 Å². The van der Waals surface area contributed by atoms with Crippen molar-refractivity contribution in [3.8, 4) is 0 Å². The minimum atomic E-state index is -3.80. The van der Waals surface area contributed by atoms with Crippen LogP contribution in [0.4, 0.5) is 5.69 Å². The number of aryl methyl sites for hydroxylation is 2. The van der Waals surface area contributed by atoms with Crippen molar-refractivity contribution in [2.45, 2.75) is 50.8 Å². The molecule has 0 atom stereocenters. The number of anilines is 1. The summed E-state index contributed by atoms with van der Waals surface area (Å²) in [6.45, 7) is 4.13. The lowest BCUT2D eigenvalue weighted by Crippen LogP contribution is -2.25. The van der Waals surface area contributed by atoms with Crippen LogP contribution in [-0.2, 0) is 10.0 Å². The number of hydrogen-bond acceptors (Lipinski definition) is 3. The smallest absolute Gasteiger partial charge is 0.262 e. The second kappa shape index (κ2) is 9.27. The van der Waals surface area contributed by atoms with Crippen LogP contribution in [0.25, 0.3) is 0 Å². The molecule has 1 aliphatic carbocycles. The van der Waals surface area contributed by atoms with E-state index in [1.165, 1.54) is 24.5 Å². The summed E-state index contributed by atoms with van der Waals surface area (Å²) in [5.41, 5.74) is 3.70. The van der Waals surface area contributed by atoms with Crippen LogP contribution in [-0.4, -0.2) is 20.9 Å². The van der Waals surface area contributed by atoms with Gasteiger partial charge in [-0.2, -0.15) is 0 Å². The van der Waals surface area contributed by atoms with Gasteiger partial charge in [0.2, 0.25) is 0 Å². The molecule has 3 rings (SSSR count). The average Bonchev–Trinajstić information content (AvgIpc) is 2.70. The lowest BCUT2D eigenvalue weighted by Gasteiger charge is -2.14. The second-order valence-corrected chi connectivity index (χ2v) is 9.17. The van der Waals surface area contributed by atoms with Gasteiger partial charge in [-0.05, 0) is 75.3 Å². The number of para-hydroxylation sites is 1. The third-order valence-corrected chi connectivity index (χ3v) is 6.75. The molecule has 1 amide bonds. The molecule has 0 radical (unpaired) electrons. The van der Waals surface area contributed by atoms with Crippen LogP contribution in [0.2, 0.25) is 0 Å². The van der Waals surface area contributed by atoms with Gasteiger partial charge >= 0.3 is 0 Å². The molecule has 29 heavy (non-hydrogen) atoms.